The van der Waals surface area contributed by atoms with Crippen LogP contribution < -0.4 is 4.72 Å². The third-order valence-electron chi connectivity index (χ3n) is 2.32. The number of hydrogen-bond donors (Lipinski definition) is 2. The molecule has 0 saturated heterocycles. The van der Waals surface area contributed by atoms with Crippen LogP contribution in [0.2, 0.25) is 10.0 Å². The Hall–Kier alpha value is -1.43. The maximum absolute atomic E-state index is 12.0. The second kappa shape index (κ2) is 5.28. The lowest BCUT2D eigenvalue weighted by Gasteiger charge is -2.08. The van der Waals surface area contributed by atoms with Crippen molar-refractivity contribution < 1.29 is 13.5 Å². The second-order valence-corrected chi connectivity index (χ2v) is 6.23. The molecule has 19 heavy (non-hydrogen) atoms. The molecular formula is C12H9Cl2NO3S. The monoisotopic (exact) mass is 317 g/mol. The van der Waals surface area contributed by atoms with Crippen LogP contribution in [0.4, 0.5) is 5.69 Å². The van der Waals surface area contributed by atoms with E-state index in [9.17, 15) is 8.42 Å². The van der Waals surface area contributed by atoms with E-state index in [0.717, 1.165) is 0 Å². The zero-order valence-corrected chi connectivity index (χ0v) is 11.8. The molecule has 7 heteroatoms. The van der Waals surface area contributed by atoms with Crippen molar-refractivity contribution in [2.75, 3.05) is 4.72 Å². The van der Waals surface area contributed by atoms with E-state index in [1.165, 1.54) is 42.5 Å². The molecule has 0 aliphatic heterocycles. The normalized spacial score (nSPS) is 11.3. The molecule has 0 aromatic heterocycles. The van der Waals surface area contributed by atoms with Crippen molar-refractivity contribution in [3.05, 3.63) is 52.5 Å². The fourth-order valence-electron chi connectivity index (χ4n) is 1.40. The molecule has 0 aliphatic rings. The molecule has 0 unspecified atom stereocenters. The maximum atomic E-state index is 12.0. The van der Waals surface area contributed by atoms with Gasteiger partial charge in [0.15, 0.2) is 0 Å². The summed E-state index contributed by atoms with van der Waals surface area (Å²) in [5.41, 5.74) is 0.308. The molecule has 0 fully saturated rings. The summed E-state index contributed by atoms with van der Waals surface area (Å²) in [5, 5.41) is 9.73. The van der Waals surface area contributed by atoms with E-state index in [1.54, 1.807) is 0 Å². The molecule has 0 saturated carbocycles. The van der Waals surface area contributed by atoms with Crippen molar-refractivity contribution in [2.45, 2.75) is 4.90 Å². The lowest BCUT2D eigenvalue weighted by molar-refractivity contribution is 0.475. The van der Waals surface area contributed by atoms with Gasteiger partial charge in [-0.1, -0.05) is 23.2 Å². The highest BCUT2D eigenvalue weighted by Crippen LogP contribution is 2.26. The van der Waals surface area contributed by atoms with Crippen molar-refractivity contribution in [1.29, 1.82) is 0 Å². The van der Waals surface area contributed by atoms with Gasteiger partial charge in [0.25, 0.3) is 10.0 Å². The third-order valence-corrected chi connectivity index (χ3v) is 4.46. The number of nitrogens with one attached hydrogen (secondary N) is 1. The molecule has 2 N–H and O–H groups in total. The summed E-state index contributed by atoms with van der Waals surface area (Å²) in [5.74, 6) is -0.00603. The minimum Gasteiger partial charge on any atom is -0.508 e. The molecule has 0 spiro atoms. The quantitative estimate of drug-likeness (QED) is 0.910. The lowest BCUT2D eigenvalue weighted by atomic mass is 10.3. The van der Waals surface area contributed by atoms with Crippen molar-refractivity contribution in [3.63, 3.8) is 0 Å². The zero-order chi connectivity index (χ0) is 14.0. The van der Waals surface area contributed by atoms with Gasteiger partial charge in [0.05, 0.1) is 20.6 Å². The standard InChI is InChI=1S/C12H9Cl2NO3S/c13-11-6-1-8(7-12(11)14)15-19(17,18)10-4-2-9(16)3-5-10/h1-7,15-16H. The Kier molecular flexibility index (Phi) is 3.89. The molecule has 100 valence electrons. The molecule has 0 amide bonds. The van der Waals surface area contributed by atoms with Crippen LogP contribution in [-0.2, 0) is 10.0 Å². The van der Waals surface area contributed by atoms with Crippen molar-refractivity contribution >= 4 is 38.9 Å². The van der Waals surface area contributed by atoms with E-state index >= 15 is 0 Å². The average molecular weight is 318 g/mol. The maximum Gasteiger partial charge on any atom is 0.261 e. The molecule has 0 atom stereocenters. The average Bonchev–Trinajstić information content (AvgIpc) is 2.34. The Balaban J connectivity index is 2.30. The second-order valence-electron chi connectivity index (χ2n) is 3.73. The lowest BCUT2D eigenvalue weighted by Crippen LogP contribution is -2.12. The van der Waals surface area contributed by atoms with E-state index in [2.05, 4.69) is 4.72 Å². The zero-order valence-electron chi connectivity index (χ0n) is 9.47. The molecule has 0 heterocycles. The molecule has 2 aromatic rings. The van der Waals surface area contributed by atoms with E-state index < -0.39 is 10.0 Å². The van der Waals surface area contributed by atoms with Crippen molar-refractivity contribution in [1.82, 2.24) is 0 Å². The minimum atomic E-state index is -3.72. The van der Waals surface area contributed by atoms with Crippen molar-refractivity contribution in [3.8, 4) is 5.75 Å². The van der Waals surface area contributed by atoms with Crippen LogP contribution in [0.5, 0.6) is 5.75 Å². The number of benzene rings is 2. The fourth-order valence-corrected chi connectivity index (χ4v) is 2.75. The van der Waals surface area contributed by atoms with Gasteiger partial charge in [0, 0.05) is 0 Å². The minimum absolute atomic E-state index is 0.00603. The van der Waals surface area contributed by atoms with Crippen LogP contribution in [0.15, 0.2) is 47.4 Å². The van der Waals surface area contributed by atoms with E-state index in [-0.39, 0.29) is 15.7 Å². The Bertz CT molecular complexity index is 699. The van der Waals surface area contributed by atoms with E-state index in [1.807, 2.05) is 0 Å². The summed E-state index contributed by atoms with van der Waals surface area (Å²) in [6, 6.07) is 9.61. The van der Waals surface area contributed by atoms with Gasteiger partial charge in [0.2, 0.25) is 0 Å². The number of rotatable bonds is 3. The molecule has 2 aromatic carbocycles. The highest BCUT2D eigenvalue weighted by molar-refractivity contribution is 7.92. The van der Waals surface area contributed by atoms with Crippen LogP contribution in [0.1, 0.15) is 0 Å². The first-order valence-electron chi connectivity index (χ1n) is 5.15. The Morgan fingerprint density at radius 2 is 1.58 bits per heavy atom. The number of phenolic OH excluding ortho intramolecular Hbond substituents is 1. The number of halogens is 2. The first-order chi connectivity index (χ1) is 8.88. The predicted octanol–water partition coefficient (Wildman–Crippen LogP) is 3.50. The molecule has 0 bridgehead atoms. The van der Waals surface area contributed by atoms with Crippen LogP contribution in [0, 0.1) is 0 Å². The van der Waals surface area contributed by atoms with Crippen molar-refractivity contribution in [2.24, 2.45) is 0 Å². The van der Waals surface area contributed by atoms with Crippen LogP contribution in [0.25, 0.3) is 0 Å². The fraction of sp³-hybridized carbons (Fsp3) is 0. The third kappa shape index (κ3) is 3.32. The summed E-state index contributed by atoms with van der Waals surface area (Å²) in [4.78, 5) is 0.0383. The smallest absolute Gasteiger partial charge is 0.261 e. The number of phenols is 1. The summed E-state index contributed by atoms with van der Waals surface area (Å²) < 4.78 is 26.5. The summed E-state index contributed by atoms with van der Waals surface area (Å²) >= 11 is 11.6. The summed E-state index contributed by atoms with van der Waals surface area (Å²) in [6.45, 7) is 0. The Labute approximate surface area is 120 Å². The van der Waals surface area contributed by atoms with Gasteiger partial charge >= 0.3 is 0 Å². The van der Waals surface area contributed by atoms with E-state index in [0.29, 0.717) is 10.7 Å². The van der Waals surface area contributed by atoms with Gasteiger partial charge in [-0.25, -0.2) is 8.42 Å². The molecule has 2 rings (SSSR count). The van der Waals surface area contributed by atoms with E-state index in [4.69, 9.17) is 28.3 Å². The van der Waals surface area contributed by atoms with Gasteiger partial charge in [-0.3, -0.25) is 4.72 Å². The van der Waals surface area contributed by atoms with Gasteiger partial charge in [0.1, 0.15) is 5.75 Å². The first-order valence-corrected chi connectivity index (χ1v) is 7.39. The number of aromatic hydroxyl groups is 1. The highest BCUT2D eigenvalue weighted by Gasteiger charge is 2.14. The Morgan fingerprint density at radius 1 is 0.947 bits per heavy atom. The van der Waals surface area contributed by atoms with Crippen LogP contribution in [0.3, 0.4) is 0 Å². The molecule has 0 radical (unpaired) electrons. The largest absolute Gasteiger partial charge is 0.508 e. The van der Waals surface area contributed by atoms with Gasteiger partial charge in [-0.05, 0) is 42.5 Å². The Morgan fingerprint density at radius 3 is 2.16 bits per heavy atom. The van der Waals surface area contributed by atoms with Crippen LogP contribution in [-0.4, -0.2) is 13.5 Å². The number of anilines is 1. The number of sulfonamides is 1. The SMILES string of the molecule is O=S(=O)(Nc1ccc(Cl)c(Cl)c1)c1ccc(O)cc1. The van der Waals surface area contributed by atoms with Gasteiger partial charge < -0.3 is 5.11 Å². The first kappa shape index (κ1) is 14.0. The molecule has 0 aliphatic carbocycles. The van der Waals surface area contributed by atoms with Gasteiger partial charge in [-0.2, -0.15) is 0 Å². The van der Waals surface area contributed by atoms with Crippen LogP contribution >= 0.6 is 23.2 Å². The molecular weight excluding hydrogens is 309 g/mol. The predicted molar refractivity (Wildman–Crippen MR) is 75.4 cm³/mol. The molecule has 4 nitrogen and oxygen atoms in total. The summed E-state index contributed by atoms with van der Waals surface area (Å²) in [7, 11) is -3.72. The van der Waals surface area contributed by atoms with Gasteiger partial charge in [-0.15, -0.1) is 0 Å². The topological polar surface area (TPSA) is 66.4 Å². The number of hydrogen-bond acceptors (Lipinski definition) is 3. The summed E-state index contributed by atoms with van der Waals surface area (Å²) in [6.07, 6.45) is 0. The highest BCUT2D eigenvalue weighted by atomic mass is 35.5.